The third kappa shape index (κ3) is 8.85. The van der Waals surface area contributed by atoms with E-state index < -0.39 is 6.04 Å². The molecule has 1 aliphatic rings. The minimum atomic E-state index is -0.414. The highest BCUT2D eigenvalue weighted by Crippen LogP contribution is 2.08. The van der Waals surface area contributed by atoms with E-state index in [1.807, 2.05) is 0 Å². The first kappa shape index (κ1) is 18.7. The molecule has 1 unspecified atom stereocenters. The first-order chi connectivity index (χ1) is 10.7. The lowest BCUT2D eigenvalue weighted by atomic mass is 10.1. The van der Waals surface area contributed by atoms with Gasteiger partial charge < -0.3 is 10.1 Å². The van der Waals surface area contributed by atoms with Crippen molar-refractivity contribution in [3.05, 3.63) is 12.2 Å². The Morgan fingerprint density at radius 2 is 1.82 bits per heavy atom. The molecular formula is C18H31NO3. The number of rotatable bonds is 12. The highest BCUT2D eigenvalue weighted by atomic mass is 16.5. The molecule has 0 aromatic heterocycles. The van der Waals surface area contributed by atoms with Crippen molar-refractivity contribution in [1.29, 1.82) is 0 Å². The summed E-state index contributed by atoms with van der Waals surface area (Å²) in [5, 5.41) is 2.74. The van der Waals surface area contributed by atoms with Gasteiger partial charge in [-0.15, -0.1) is 0 Å². The Bertz CT molecular complexity index is 352. The fourth-order valence-electron chi connectivity index (χ4n) is 2.54. The monoisotopic (exact) mass is 309 g/mol. The van der Waals surface area contributed by atoms with Crippen LogP contribution in [0, 0.1) is 0 Å². The van der Waals surface area contributed by atoms with Crippen LogP contribution in [0.2, 0.25) is 0 Å². The van der Waals surface area contributed by atoms with E-state index in [9.17, 15) is 9.59 Å². The molecule has 1 fully saturated rings. The molecule has 0 radical (unpaired) electrons. The number of ether oxygens (including phenoxy) is 1. The molecule has 0 aromatic rings. The molecule has 0 spiro atoms. The zero-order chi connectivity index (χ0) is 16.0. The lowest BCUT2D eigenvalue weighted by Crippen LogP contribution is -2.37. The number of nitrogens with one attached hydrogen (secondary N) is 1. The van der Waals surface area contributed by atoms with Crippen molar-refractivity contribution in [3.63, 3.8) is 0 Å². The molecule has 4 nitrogen and oxygen atoms in total. The topological polar surface area (TPSA) is 55.4 Å². The molecule has 22 heavy (non-hydrogen) atoms. The molecular weight excluding hydrogens is 278 g/mol. The fraction of sp³-hybridized carbons (Fsp3) is 0.778. The van der Waals surface area contributed by atoms with E-state index in [1.165, 1.54) is 32.1 Å². The number of esters is 1. The molecule has 0 bridgehead atoms. The average molecular weight is 309 g/mol. The van der Waals surface area contributed by atoms with Gasteiger partial charge in [0.25, 0.3) is 0 Å². The number of hydrogen-bond donors (Lipinski definition) is 1. The van der Waals surface area contributed by atoms with Crippen molar-refractivity contribution >= 4 is 11.9 Å². The van der Waals surface area contributed by atoms with Crippen molar-refractivity contribution in [2.45, 2.75) is 83.6 Å². The van der Waals surface area contributed by atoms with Crippen molar-refractivity contribution in [2.75, 3.05) is 6.61 Å². The number of hydrogen-bond acceptors (Lipinski definition) is 3. The number of amides is 1. The molecule has 1 N–H and O–H groups in total. The maximum absolute atomic E-state index is 11.7. The normalized spacial score (nSPS) is 17.9. The van der Waals surface area contributed by atoms with Gasteiger partial charge in [0.2, 0.25) is 5.91 Å². The van der Waals surface area contributed by atoms with Gasteiger partial charge in [0.05, 0.1) is 6.61 Å². The lowest BCUT2D eigenvalue weighted by Gasteiger charge is -2.08. The van der Waals surface area contributed by atoms with E-state index in [1.54, 1.807) is 0 Å². The third-order valence-corrected chi connectivity index (χ3v) is 3.94. The maximum atomic E-state index is 11.7. The van der Waals surface area contributed by atoms with Gasteiger partial charge >= 0.3 is 5.97 Å². The molecule has 1 amide bonds. The van der Waals surface area contributed by atoms with Crippen LogP contribution in [0.3, 0.4) is 0 Å². The first-order valence-electron chi connectivity index (χ1n) is 8.85. The van der Waals surface area contributed by atoms with Crippen molar-refractivity contribution in [3.8, 4) is 0 Å². The molecule has 1 atom stereocenters. The van der Waals surface area contributed by atoms with Gasteiger partial charge in [-0.3, -0.25) is 4.79 Å². The first-order valence-corrected chi connectivity index (χ1v) is 8.85. The van der Waals surface area contributed by atoms with E-state index in [0.29, 0.717) is 19.4 Å². The molecule has 1 saturated heterocycles. The Hall–Kier alpha value is -1.32. The van der Waals surface area contributed by atoms with Gasteiger partial charge in [-0.05, 0) is 32.1 Å². The van der Waals surface area contributed by atoms with Crippen LogP contribution in [0.1, 0.15) is 77.6 Å². The Morgan fingerprint density at radius 3 is 2.41 bits per heavy atom. The second-order valence-corrected chi connectivity index (χ2v) is 6.00. The van der Waals surface area contributed by atoms with Crippen LogP contribution in [0.25, 0.3) is 0 Å². The zero-order valence-corrected chi connectivity index (χ0v) is 13.9. The predicted octanol–water partition coefficient (Wildman–Crippen LogP) is 3.90. The largest absolute Gasteiger partial charge is 0.464 e. The van der Waals surface area contributed by atoms with Crippen LogP contribution in [-0.4, -0.2) is 24.5 Å². The second-order valence-electron chi connectivity index (χ2n) is 6.00. The van der Waals surface area contributed by atoms with Crippen molar-refractivity contribution < 1.29 is 14.3 Å². The summed E-state index contributed by atoms with van der Waals surface area (Å²) in [6.45, 7) is 2.66. The number of allylic oxidation sites excluding steroid dienone is 2. The van der Waals surface area contributed by atoms with Crippen LogP contribution < -0.4 is 5.32 Å². The van der Waals surface area contributed by atoms with Gasteiger partial charge in [-0.2, -0.15) is 0 Å². The second kappa shape index (κ2) is 12.2. The summed E-state index contributed by atoms with van der Waals surface area (Å²) in [5.41, 5.74) is 0. The molecule has 0 saturated carbocycles. The highest BCUT2D eigenvalue weighted by Gasteiger charge is 2.27. The Labute approximate surface area is 134 Å². The molecule has 4 heteroatoms. The van der Waals surface area contributed by atoms with Gasteiger partial charge in [-0.1, -0.05) is 44.8 Å². The summed E-state index contributed by atoms with van der Waals surface area (Å²) in [7, 11) is 0. The number of carbonyl (C=O) groups excluding carboxylic acids is 2. The Morgan fingerprint density at radius 1 is 1.14 bits per heavy atom. The average Bonchev–Trinajstić information content (AvgIpc) is 2.90. The van der Waals surface area contributed by atoms with Crippen LogP contribution in [-0.2, 0) is 14.3 Å². The van der Waals surface area contributed by atoms with Gasteiger partial charge in [-0.25, -0.2) is 4.79 Å². The maximum Gasteiger partial charge on any atom is 0.328 e. The fourth-order valence-corrected chi connectivity index (χ4v) is 2.54. The molecule has 0 aliphatic carbocycles. The Kier molecular flexibility index (Phi) is 10.4. The van der Waals surface area contributed by atoms with E-state index in [2.05, 4.69) is 24.4 Å². The molecule has 1 rings (SSSR count). The van der Waals surface area contributed by atoms with Crippen molar-refractivity contribution in [1.82, 2.24) is 5.32 Å². The number of carbonyl (C=O) groups is 2. The summed E-state index contributed by atoms with van der Waals surface area (Å²) in [5.74, 6) is -0.326. The van der Waals surface area contributed by atoms with E-state index in [-0.39, 0.29) is 11.9 Å². The summed E-state index contributed by atoms with van der Waals surface area (Å²) in [4.78, 5) is 22.9. The van der Waals surface area contributed by atoms with Gasteiger partial charge in [0.15, 0.2) is 0 Å². The Balaban J connectivity index is 1.89. The minimum Gasteiger partial charge on any atom is -0.464 e. The summed E-state index contributed by atoms with van der Waals surface area (Å²) < 4.78 is 4.82. The van der Waals surface area contributed by atoms with Crippen LogP contribution in [0.15, 0.2) is 12.2 Å². The SMILES string of the molecule is CCCCCCC=CCCCCCC(=O)NC1CCOC1=O. The van der Waals surface area contributed by atoms with Gasteiger partial charge in [0, 0.05) is 12.8 Å². The van der Waals surface area contributed by atoms with E-state index >= 15 is 0 Å². The highest BCUT2D eigenvalue weighted by molar-refractivity contribution is 5.85. The van der Waals surface area contributed by atoms with Crippen LogP contribution in [0.5, 0.6) is 0 Å². The minimum absolute atomic E-state index is 0.0321. The molecule has 1 heterocycles. The standard InChI is InChI=1S/C18H31NO3/c1-2-3-4-5-6-7-8-9-10-11-12-13-17(20)19-16-14-15-22-18(16)21/h7-8,16H,2-6,9-15H2,1H3,(H,19,20). The smallest absolute Gasteiger partial charge is 0.328 e. The van der Waals surface area contributed by atoms with Crippen molar-refractivity contribution in [2.24, 2.45) is 0 Å². The summed E-state index contributed by atoms with van der Waals surface area (Å²) >= 11 is 0. The predicted molar refractivity (Wildman–Crippen MR) is 88.5 cm³/mol. The third-order valence-electron chi connectivity index (χ3n) is 3.94. The molecule has 126 valence electrons. The lowest BCUT2D eigenvalue weighted by molar-refractivity contribution is -0.141. The van der Waals surface area contributed by atoms with E-state index in [0.717, 1.165) is 25.7 Å². The van der Waals surface area contributed by atoms with Crippen LogP contribution in [0.4, 0.5) is 0 Å². The van der Waals surface area contributed by atoms with Gasteiger partial charge in [0.1, 0.15) is 6.04 Å². The molecule has 1 aliphatic heterocycles. The summed E-state index contributed by atoms with van der Waals surface area (Å²) in [6.07, 6.45) is 16.3. The number of unbranched alkanes of at least 4 members (excludes halogenated alkanes) is 7. The zero-order valence-electron chi connectivity index (χ0n) is 13.9. The molecule has 0 aromatic carbocycles. The quantitative estimate of drug-likeness (QED) is 0.338. The van der Waals surface area contributed by atoms with E-state index in [4.69, 9.17) is 4.74 Å². The van der Waals surface area contributed by atoms with Crippen LogP contribution >= 0.6 is 0 Å². The summed E-state index contributed by atoms with van der Waals surface area (Å²) in [6, 6.07) is -0.414. The number of cyclic esters (lactones) is 1.